The van der Waals surface area contributed by atoms with Crippen molar-refractivity contribution in [3.05, 3.63) is 61.1 Å². The topological polar surface area (TPSA) is 72.4 Å². The van der Waals surface area contributed by atoms with Crippen LogP contribution in [0.3, 0.4) is 0 Å². The fourth-order valence-corrected chi connectivity index (χ4v) is 2.84. The van der Waals surface area contributed by atoms with Gasteiger partial charge in [0.05, 0.1) is 0 Å². The van der Waals surface area contributed by atoms with E-state index in [-0.39, 0.29) is 0 Å². The maximum Gasteiger partial charge on any atom is 0.263 e. The van der Waals surface area contributed by atoms with Crippen molar-refractivity contribution in [2.24, 2.45) is 0 Å². The fourth-order valence-electron chi connectivity index (χ4n) is 2.84. The third kappa shape index (κ3) is 5.40. The van der Waals surface area contributed by atoms with Crippen molar-refractivity contribution in [2.75, 3.05) is 37.5 Å². The van der Waals surface area contributed by atoms with E-state index in [0.717, 1.165) is 36.2 Å². The molecule has 0 radical (unpaired) electrons. The third-order valence-corrected chi connectivity index (χ3v) is 4.06. The van der Waals surface area contributed by atoms with Gasteiger partial charge in [0.1, 0.15) is 11.6 Å². The first-order valence-corrected chi connectivity index (χ1v) is 9.22. The Hall–Kier alpha value is -3.19. The molecule has 0 bridgehead atoms. The number of aromatic nitrogens is 3. The quantitative estimate of drug-likeness (QED) is 0.710. The van der Waals surface area contributed by atoms with Gasteiger partial charge in [0, 0.05) is 51.6 Å². The van der Waals surface area contributed by atoms with E-state index in [0.29, 0.717) is 5.88 Å². The number of pyridine rings is 1. The second-order valence-corrected chi connectivity index (χ2v) is 6.25. The van der Waals surface area contributed by atoms with Gasteiger partial charge in [-0.1, -0.05) is 6.07 Å². The molecule has 0 atom stereocenters. The first kappa shape index (κ1) is 19.6. The van der Waals surface area contributed by atoms with Crippen molar-refractivity contribution < 1.29 is 9.47 Å². The molecule has 4 rings (SSSR count). The highest BCUT2D eigenvalue weighted by molar-refractivity contribution is 5.57. The molecule has 7 nitrogen and oxygen atoms in total. The molecule has 0 spiro atoms. The lowest BCUT2D eigenvalue weighted by Crippen LogP contribution is -2.20. The highest BCUT2D eigenvalue weighted by atomic mass is 16.5. The van der Waals surface area contributed by atoms with Crippen LogP contribution >= 0.6 is 0 Å². The summed E-state index contributed by atoms with van der Waals surface area (Å²) in [6, 6.07) is 13.5. The van der Waals surface area contributed by atoms with Crippen LogP contribution in [0.25, 0.3) is 0 Å². The minimum Gasteiger partial charge on any atom is -0.436 e. The molecule has 146 valence electrons. The first-order chi connectivity index (χ1) is 13.8. The number of nitrogens with one attached hydrogen (secondary N) is 1. The summed E-state index contributed by atoms with van der Waals surface area (Å²) in [6.45, 7) is 2.00. The standard InChI is InChI=1S/C19H19N5O.C2H6O/c1-2-10-20-17(5-1)23-15-6-8-16(9-7-15)25-19-18(21-11-12-22-19)24-13-3-4-14-24;1-3-2/h1-2,5-12H,3-4,13-14H2,(H,20,23);1-2H3. The zero-order valence-corrected chi connectivity index (χ0v) is 16.2. The summed E-state index contributed by atoms with van der Waals surface area (Å²) in [4.78, 5) is 15.3. The molecule has 0 amide bonds. The van der Waals surface area contributed by atoms with E-state index in [4.69, 9.17) is 4.74 Å². The van der Waals surface area contributed by atoms with Crippen molar-refractivity contribution in [3.8, 4) is 11.6 Å². The molecule has 7 heteroatoms. The Morgan fingerprint density at radius 3 is 2.25 bits per heavy atom. The summed E-state index contributed by atoms with van der Waals surface area (Å²) in [7, 11) is 3.25. The SMILES string of the molecule is COC.c1ccc(Nc2ccc(Oc3nccnc3N3CCCC3)cc2)nc1. The molecule has 1 N–H and O–H groups in total. The Balaban J connectivity index is 0.000000706. The van der Waals surface area contributed by atoms with Gasteiger partial charge >= 0.3 is 0 Å². The van der Waals surface area contributed by atoms with Gasteiger partial charge in [-0.15, -0.1) is 0 Å². The molecule has 3 aromatic rings. The van der Waals surface area contributed by atoms with Gasteiger partial charge in [0.15, 0.2) is 5.82 Å². The van der Waals surface area contributed by atoms with Crippen LogP contribution in [-0.4, -0.2) is 42.3 Å². The summed E-state index contributed by atoms with van der Waals surface area (Å²) in [6.07, 6.45) is 7.49. The second-order valence-electron chi connectivity index (χ2n) is 6.25. The van der Waals surface area contributed by atoms with Crippen LogP contribution in [0.1, 0.15) is 12.8 Å². The maximum absolute atomic E-state index is 5.97. The van der Waals surface area contributed by atoms with E-state index in [2.05, 4.69) is 29.9 Å². The highest BCUT2D eigenvalue weighted by Crippen LogP contribution is 2.30. The molecule has 0 unspecified atom stereocenters. The van der Waals surface area contributed by atoms with Crippen LogP contribution in [0.15, 0.2) is 61.1 Å². The number of rotatable bonds is 5. The lowest BCUT2D eigenvalue weighted by Gasteiger charge is -2.18. The number of hydrogen-bond donors (Lipinski definition) is 1. The van der Waals surface area contributed by atoms with Gasteiger partial charge in [-0.2, -0.15) is 0 Å². The van der Waals surface area contributed by atoms with Crippen LogP contribution in [0.4, 0.5) is 17.3 Å². The third-order valence-electron chi connectivity index (χ3n) is 4.06. The summed E-state index contributed by atoms with van der Waals surface area (Å²) < 4.78 is 10.2. The second kappa shape index (κ2) is 10.2. The van der Waals surface area contributed by atoms with Gasteiger partial charge in [-0.3, -0.25) is 0 Å². The van der Waals surface area contributed by atoms with E-state index in [1.165, 1.54) is 12.8 Å². The van der Waals surface area contributed by atoms with Crippen molar-refractivity contribution in [2.45, 2.75) is 12.8 Å². The lowest BCUT2D eigenvalue weighted by molar-refractivity contribution is 0.277. The summed E-state index contributed by atoms with van der Waals surface area (Å²) in [5.41, 5.74) is 0.949. The summed E-state index contributed by atoms with van der Waals surface area (Å²) in [5.74, 6) is 2.90. The lowest BCUT2D eigenvalue weighted by atomic mass is 10.3. The van der Waals surface area contributed by atoms with E-state index in [1.54, 1.807) is 32.8 Å². The number of methoxy groups -OCH3 is 1. The Bertz CT molecular complexity index is 837. The van der Waals surface area contributed by atoms with Crippen molar-refractivity contribution in [1.29, 1.82) is 0 Å². The minimum atomic E-state index is 0.551. The first-order valence-electron chi connectivity index (χ1n) is 9.22. The highest BCUT2D eigenvalue weighted by Gasteiger charge is 2.19. The van der Waals surface area contributed by atoms with E-state index in [1.807, 2.05) is 42.5 Å². The molecule has 3 heterocycles. The zero-order chi connectivity index (χ0) is 19.6. The molecule has 28 heavy (non-hydrogen) atoms. The van der Waals surface area contributed by atoms with Crippen LogP contribution in [0.2, 0.25) is 0 Å². The van der Waals surface area contributed by atoms with Gasteiger partial charge in [0.25, 0.3) is 5.88 Å². The van der Waals surface area contributed by atoms with Crippen LogP contribution < -0.4 is 15.0 Å². The number of hydrogen-bond acceptors (Lipinski definition) is 7. The Kier molecular flexibility index (Phi) is 7.14. The molecule has 1 aromatic carbocycles. The van der Waals surface area contributed by atoms with Crippen LogP contribution in [0.5, 0.6) is 11.6 Å². The van der Waals surface area contributed by atoms with Gasteiger partial charge in [-0.05, 0) is 49.2 Å². The van der Waals surface area contributed by atoms with Crippen LogP contribution in [0, 0.1) is 0 Å². The van der Waals surface area contributed by atoms with E-state index >= 15 is 0 Å². The van der Waals surface area contributed by atoms with Crippen molar-refractivity contribution in [3.63, 3.8) is 0 Å². The summed E-state index contributed by atoms with van der Waals surface area (Å²) in [5, 5.41) is 3.25. The molecular formula is C21H25N5O2. The van der Waals surface area contributed by atoms with Crippen molar-refractivity contribution >= 4 is 17.3 Å². The molecular weight excluding hydrogens is 354 g/mol. The average Bonchev–Trinajstić information content (AvgIpc) is 3.26. The van der Waals surface area contributed by atoms with Gasteiger partial charge in [0.2, 0.25) is 0 Å². The molecule has 2 aromatic heterocycles. The maximum atomic E-state index is 5.97. The Morgan fingerprint density at radius 1 is 0.857 bits per heavy atom. The van der Waals surface area contributed by atoms with Crippen molar-refractivity contribution in [1.82, 2.24) is 15.0 Å². The number of anilines is 3. The molecule has 0 aliphatic carbocycles. The molecule has 1 aliphatic heterocycles. The largest absolute Gasteiger partial charge is 0.436 e. The molecule has 1 aliphatic rings. The smallest absolute Gasteiger partial charge is 0.263 e. The van der Waals surface area contributed by atoms with E-state index < -0.39 is 0 Å². The Morgan fingerprint density at radius 2 is 1.57 bits per heavy atom. The number of nitrogens with zero attached hydrogens (tertiary/aromatic N) is 4. The predicted octanol–water partition coefficient (Wildman–Crippen LogP) is 4.27. The van der Waals surface area contributed by atoms with Gasteiger partial charge < -0.3 is 19.7 Å². The summed E-state index contributed by atoms with van der Waals surface area (Å²) >= 11 is 0. The predicted molar refractivity (Wildman–Crippen MR) is 110 cm³/mol. The van der Waals surface area contributed by atoms with Gasteiger partial charge in [-0.25, -0.2) is 15.0 Å². The fraction of sp³-hybridized carbons (Fsp3) is 0.286. The Labute approximate surface area is 165 Å². The molecule has 1 saturated heterocycles. The van der Waals surface area contributed by atoms with E-state index in [9.17, 15) is 0 Å². The average molecular weight is 379 g/mol. The number of benzene rings is 1. The monoisotopic (exact) mass is 379 g/mol. The zero-order valence-electron chi connectivity index (χ0n) is 16.2. The number of ether oxygens (including phenoxy) is 2. The molecule has 1 fully saturated rings. The normalized spacial score (nSPS) is 12.9. The molecule has 0 saturated carbocycles. The van der Waals surface area contributed by atoms with Crippen LogP contribution in [-0.2, 0) is 4.74 Å². The minimum absolute atomic E-state index is 0.551.